The Balaban J connectivity index is 2.69. The molecule has 0 aliphatic rings. The number of hydrogen-bond acceptors (Lipinski definition) is 1. The van der Waals surface area contributed by atoms with Crippen molar-refractivity contribution in [3.63, 3.8) is 0 Å². The topological polar surface area (TPSA) is 29.1 Å². The Kier molecular flexibility index (Phi) is 5.66. The molecule has 0 heterocycles. The molecule has 0 aliphatic carbocycles. The van der Waals surface area contributed by atoms with Crippen molar-refractivity contribution < 1.29 is 9.18 Å². The minimum atomic E-state index is -0.377. The summed E-state index contributed by atoms with van der Waals surface area (Å²) in [4.78, 5) is 10.6. The quantitative estimate of drug-likeness (QED) is 0.635. The highest BCUT2D eigenvalue weighted by Gasteiger charge is 2.05. The van der Waals surface area contributed by atoms with Crippen molar-refractivity contribution in [2.24, 2.45) is 0 Å². The summed E-state index contributed by atoms with van der Waals surface area (Å²) >= 11 is 6.44. The van der Waals surface area contributed by atoms with Crippen LogP contribution in [0, 0.1) is 17.7 Å². The van der Waals surface area contributed by atoms with Crippen LogP contribution < -0.4 is 5.32 Å². The van der Waals surface area contributed by atoms with E-state index in [1.807, 2.05) is 0 Å². The van der Waals surface area contributed by atoms with E-state index >= 15 is 0 Å². The molecule has 0 bridgehead atoms. The van der Waals surface area contributed by atoms with Gasteiger partial charge >= 0.3 is 0 Å². The van der Waals surface area contributed by atoms with Gasteiger partial charge in [-0.1, -0.05) is 27.8 Å². The van der Waals surface area contributed by atoms with Crippen LogP contribution in [0.25, 0.3) is 0 Å². The number of halogens is 3. The van der Waals surface area contributed by atoms with Crippen molar-refractivity contribution in [2.45, 2.75) is 13.3 Å². The molecule has 1 N–H and O–H groups in total. The van der Waals surface area contributed by atoms with E-state index in [4.69, 9.17) is 0 Å². The Labute approximate surface area is 116 Å². The number of hydrogen-bond donors (Lipinski definition) is 1. The number of nitrogens with one attached hydrogen (secondary N) is 1. The minimum Gasteiger partial charge on any atom is -0.355 e. The lowest BCUT2D eigenvalue weighted by Gasteiger charge is -1.99. The molecule has 0 fully saturated rings. The predicted molar refractivity (Wildman–Crippen MR) is 72.0 cm³/mol. The van der Waals surface area contributed by atoms with Crippen LogP contribution in [0.1, 0.15) is 18.9 Å². The Morgan fingerprint density at radius 3 is 2.76 bits per heavy atom. The fourth-order valence-corrected chi connectivity index (χ4v) is 2.39. The van der Waals surface area contributed by atoms with Crippen LogP contribution in [0.5, 0.6) is 0 Å². The zero-order valence-corrected chi connectivity index (χ0v) is 12.3. The fourth-order valence-electron chi connectivity index (χ4n) is 1.11. The van der Waals surface area contributed by atoms with Crippen LogP contribution in [0.4, 0.5) is 4.39 Å². The summed E-state index contributed by atoms with van der Waals surface area (Å²) in [5.74, 6) is 5.08. The minimum absolute atomic E-state index is 0.0946. The van der Waals surface area contributed by atoms with E-state index in [0.29, 0.717) is 27.5 Å². The molecule has 2 nitrogen and oxygen atoms in total. The van der Waals surface area contributed by atoms with Gasteiger partial charge in [-0.25, -0.2) is 4.39 Å². The maximum Gasteiger partial charge on any atom is 0.216 e. The SMILES string of the molecule is CC(=O)NCCC#Cc1c(F)cc(Br)cc1Br. The highest BCUT2D eigenvalue weighted by atomic mass is 79.9. The Bertz CT molecular complexity index is 468. The first-order chi connectivity index (χ1) is 8.00. The van der Waals surface area contributed by atoms with Gasteiger partial charge in [-0.05, 0) is 28.1 Å². The first kappa shape index (κ1) is 14.2. The summed E-state index contributed by atoms with van der Waals surface area (Å²) in [6, 6.07) is 3.10. The zero-order valence-electron chi connectivity index (χ0n) is 9.11. The summed E-state index contributed by atoms with van der Waals surface area (Å²) in [6.45, 7) is 1.91. The smallest absolute Gasteiger partial charge is 0.216 e. The van der Waals surface area contributed by atoms with Gasteiger partial charge in [0.1, 0.15) is 5.82 Å². The largest absolute Gasteiger partial charge is 0.355 e. The van der Waals surface area contributed by atoms with Crippen molar-refractivity contribution in [3.05, 3.63) is 32.5 Å². The van der Waals surface area contributed by atoms with Crippen molar-refractivity contribution >= 4 is 37.8 Å². The molecule has 0 atom stereocenters. The highest BCUT2D eigenvalue weighted by Crippen LogP contribution is 2.24. The molecular formula is C12H10Br2FNO. The molecule has 0 saturated heterocycles. The second-order valence-corrected chi connectivity index (χ2v) is 5.05. The summed E-state index contributed by atoms with van der Waals surface area (Å²) < 4.78 is 14.8. The van der Waals surface area contributed by atoms with Gasteiger partial charge in [0.2, 0.25) is 5.91 Å². The molecule has 5 heteroatoms. The fraction of sp³-hybridized carbons (Fsp3) is 0.250. The molecule has 1 amide bonds. The molecule has 0 aromatic heterocycles. The van der Waals surface area contributed by atoms with Crippen LogP contribution in [-0.4, -0.2) is 12.5 Å². The zero-order chi connectivity index (χ0) is 12.8. The molecule has 1 aromatic carbocycles. The third-order valence-corrected chi connectivity index (χ3v) is 2.93. The normalized spacial score (nSPS) is 9.41. The van der Waals surface area contributed by atoms with Crippen molar-refractivity contribution in [1.29, 1.82) is 0 Å². The summed E-state index contributed by atoms with van der Waals surface area (Å²) in [6.07, 6.45) is 0.488. The summed E-state index contributed by atoms with van der Waals surface area (Å²) in [5.41, 5.74) is 0.330. The molecule has 0 spiro atoms. The van der Waals surface area contributed by atoms with Crippen LogP contribution in [-0.2, 0) is 4.79 Å². The van der Waals surface area contributed by atoms with Gasteiger partial charge < -0.3 is 5.32 Å². The molecular weight excluding hydrogens is 353 g/mol. The van der Waals surface area contributed by atoms with Gasteiger partial charge in [0.05, 0.1) is 5.56 Å². The van der Waals surface area contributed by atoms with Crippen LogP contribution in [0.3, 0.4) is 0 Å². The molecule has 1 aromatic rings. The van der Waals surface area contributed by atoms with Crippen molar-refractivity contribution in [1.82, 2.24) is 5.32 Å². The number of carbonyl (C=O) groups is 1. The van der Waals surface area contributed by atoms with E-state index in [0.717, 1.165) is 0 Å². The standard InChI is InChI=1S/C12H10Br2FNO/c1-8(17)16-5-3-2-4-10-11(14)6-9(13)7-12(10)15/h6-7H,3,5H2,1H3,(H,16,17). The second kappa shape index (κ2) is 6.77. The monoisotopic (exact) mass is 361 g/mol. The van der Waals surface area contributed by atoms with E-state index in [2.05, 4.69) is 49.0 Å². The van der Waals surface area contributed by atoms with Crippen molar-refractivity contribution in [2.75, 3.05) is 6.54 Å². The lowest BCUT2D eigenvalue weighted by molar-refractivity contribution is -0.118. The van der Waals surface area contributed by atoms with Crippen LogP contribution in [0.15, 0.2) is 21.1 Å². The number of amides is 1. The first-order valence-corrected chi connectivity index (χ1v) is 6.47. The number of benzene rings is 1. The summed E-state index contributed by atoms with van der Waals surface area (Å²) in [7, 11) is 0. The van der Waals surface area contributed by atoms with Gasteiger partial charge in [-0.2, -0.15) is 0 Å². The van der Waals surface area contributed by atoms with Gasteiger partial charge in [-0.3, -0.25) is 4.79 Å². The van der Waals surface area contributed by atoms with E-state index in [1.54, 1.807) is 6.07 Å². The van der Waals surface area contributed by atoms with Gasteiger partial charge in [0.25, 0.3) is 0 Å². The van der Waals surface area contributed by atoms with Gasteiger partial charge in [-0.15, -0.1) is 0 Å². The number of rotatable bonds is 2. The van der Waals surface area contributed by atoms with E-state index in [1.165, 1.54) is 13.0 Å². The molecule has 0 saturated carbocycles. The maximum atomic E-state index is 13.5. The molecule has 0 aliphatic heterocycles. The van der Waals surface area contributed by atoms with E-state index in [-0.39, 0.29) is 11.7 Å². The molecule has 0 radical (unpaired) electrons. The van der Waals surface area contributed by atoms with Gasteiger partial charge in [0.15, 0.2) is 0 Å². The van der Waals surface area contributed by atoms with Crippen molar-refractivity contribution in [3.8, 4) is 11.8 Å². The first-order valence-electron chi connectivity index (χ1n) is 4.88. The third kappa shape index (κ3) is 4.88. The predicted octanol–water partition coefficient (Wildman–Crippen LogP) is 3.23. The maximum absolute atomic E-state index is 13.5. The lowest BCUT2D eigenvalue weighted by Crippen LogP contribution is -2.20. The van der Waals surface area contributed by atoms with Crippen LogP contribution in [0.2, 0.25) is 0 Å². The average molecular weight is 363 g/mol. The molecule has 90 valence electrons. The van der Waals surface area contributed by atoms with E-state index in [9.17, 15) is 9.18 Å². The Morgan fingerprint density at radius 2 is 2.18 bits per heavy atom. The van der Waals surface area contributed by atoms with Gasteiger partial charge in [0, 0.05) is 28.8 Å². The molecule has 17 heavy (non-hydrogen) atoms. The average Bonchev–Trinajstić information content (AvgIpc) is 2.20. The Hall–Kier alpha value is -0.860. The summed E-state index contributed by atoms with van der Waals surface area (Å²) in [5, 5.41) is 2.62. The second-order valence-electron chi connectivity index (χ2n) is 3.28. The highest BCUT2D eigenvalue weighted by molar-refractivity contribution is 9.11. The van der Waals surface area contributed by atoms with Crippen LogP contribution >= 0.6 is 31.9 Å². The van der Waals surface area contributed by atoms with E-state index < -0.39 is 0 Å². The third-order valence-electron chi connectivity index (χ3n) is 1.84. The number of carbonyl (C=O) groups excluding carboxylic acids is 1. The lowest BCUT2D eigenvalue weighted by atomic mass is 10.2. The molecule has 0 unspecified atom stereocenters. The molecule has 1 rings (SSSR count). The Morgan fingerprint density at radius 1 is 1.47 bits per heavy atom.